The van der Waals surface area contributed by atoms with Gasteiger partial charge in [0.05, 0.1) is 28.7 Å². The molecule has 0 aliphatic carbocycles. The molecule has 8 nitrogen and oxygen atoms in total. The van der Waals surface area contributed by atoms with Gasteiger partial charge < -0.3 is 15.2 Å². The lowest BCUT2D eigenvalue weighted by Crippen LogP contribution is -2.13. The van der Waals surface area contributed by atoms with Gasteiger partial charge in [-0.2, -0.15) is 5.26 Å². The molecule has 0 saturated carbocycles. The van der Waals surface area contributed by atoms with Crippen LogP contribution in [0.1, 0.15) is 21.5 Å². The average Bonchev–Trinajstić information content (AvgIpc) is 2.64. The molecule has 2 aromatic carbocycles. The molecule has 8 heteroatoms. The Morgan fingerprint density at radius 2 is 2.12 bits per heavy atom. The van der Waals surface area contributed by atoms with Crippen LogP contribution >= 0.6 is 0 Å². The van der Waals surface area contributed by atoms with Crippen molar-refractivity contribution >= 4 is 17.3 Å². The summed E-state index contributed by atoms with van der Waals surface area (Å²) in [4.78, 5) is 22.6. The zero-order valence-electron chi connectivity index (χ0n) is 13.1. The van der Waals surface area contributed by atoms with E-state index in [4.69, 9.17) is 15.1 Å². The van der Waals surface area contributed by atoms with Gasteiger partial charge in [-0.15, -0.1) is 0 Å². The fourth-order valence-corrected chi connectivity index (χ4v) is 2.12. The number of aliphatic hydroxyl groups is 1. The second kappa shape index (κ2) is 8.42. The van der Waals surface area contributed by atoms with Crippen molar-refractivity contribution in [1.29, 1.82) is 5.26 Å². The third-order valence-electron chi connectivity index (χ3n) is 3.29. The zero-order valence-corrected chi connectivity index (χ0v) is 13.1. The summed E-state index contributed by atoms with van der Waals surface area (Å²) in [7, 11) is 0. The Bertz CT molecular complexity index is 829. The predicted molar refractivity (Wildman–Crippen MR) is 88.9 cm³/mol. The van der Waals surface area contributed by atoms with Crippen molar-refractivity contribution in [2.45, 2.75) is 6.61 Å². The van der Waals surface area contributed by atoms with E-state index in [-0.39, 0.29) is 31.0 Å². The fourth-order valence-electron chi connectivity index (χ4n) is 2.12. The summed E-state index contributed by atoms with van der Waals surface area (Å²) >= 11 is 0. The molecule has 0 saturated heterocycles. The second-order valence-corrected chi connectivity index (χ2v) is 5.03. The molecule has 0 aliphatic rings. The molecule has 0 aromatic heterocycles. The van der Waals surface area contributed by atoms with Crippen molar-refractivity contribution in [3.05, 3.63) is 69.3 Å². The number of benzene rings is 2. The van der Waals surface area contributed by atoms with Gasteiger partial charge in [-0.3, -0.25) is 10.1 Å². The number of carbonyl (C=O) groups excluding carboxylic acids is 1. The Hall–Kier alpha value is -3.44. The SMILES string of the molecule is N#Cc1cccc(COC(=O)c2cc([N+](=O)[O-])ccc2NCCO)c1. The van der Waals surface area contributed by atoms with Crippen molar-refractivity contribution < 1.29 is 19.6 Å². The number of rotatable bonds is 7. The quantitative estimate of drug-likeness (QED) is 0.449. The van der Waals surface area contributed by atoms with E-state index in [1.165, 1.54) is 12.1 Å². The number of non-ortho nitro benzene ring substituents is 1. The molecule has 0 radical (unpaired) electrons. The number of aliphatic hydroxyl groups excluding tert-OH is 1. The standard InChI is InChI=1S/C17H15N3O5/c18-10-12-2-1-3-13(8-12)11-25-17(22)15-9-14(20(23)24)4-5-16(15)19-6-7-21/h1-5,8-9,19,21H,6-7,11H2. The number of anilines is 1. The van der Waals surface area contributed by atoms with E-state index in [1.807, 2.05) is 6.07 Å². The van der Waals surface area contributed by atoms with Gasteiger partial charge in [0.25, 0.3) is 5.69 Å². The average molecular weight is 341 g/mol. The number of nitrogens with one attached hydrogen (secondary N) is 1. The summed E-state index contributed by atoms with van der Waals surface area (Å²) in [6.07, 6.45) is 0. The molecule has 2 rings (SSSR count). The molecular weight excluding hydrogens is 326 g/mol. The summed E-state index contributed by atoms with van der Waals surface area (Å²) < 4.78 is 5.20. The van der Waals surface area contributed by atoms with E-state index < -0.39 is 10.9 Å². The number of nitro groups is 1. The molecule has 2 N–H and O–H groups in total. The highest BCUT2D eigenvalue weighted by Crippen LogP contribution is 2.23. The molecule has 0 unspecified atom stereocenters. The highest BCUT2D eigenvalue weighted by molar-refractivity contribution is 5.96. The largest absolute Gasteiger partial charge is 0.457 e. The number of esters is 1. The van der Waals surface area contributed by atoms with Gasteiger partial charge >= 0.3 is 5.97 Å². The third-order valence-corrected chi connectivity index (χ3v) is 3.29. The maximum absolute atomic E-state index is 12.3. The van der Waals surface area contributed by atoms with Gasteiger partial charge in [0.15, 0.2) is 0 Å². The van der Waals surface area contributed by atoms with E-state index >= 15 is 0 Å². The van der Waals surface area contributed by atoms with Crippen molar-refractivity contribution in [3.63, 3.8) is 0 Å². The van der Waals surface area contributed by atoms with E-state index in [9.17, 15) is 14.9 Å². The molecule has 0 amide bonds. The molecule has 128 valence electrons. The van der Waals surface area contributed by atoms with Crippen LogP contribution in [0.4, 0.5) is 11.4 Å². The maximum atomic E-state index is 12.3. The first-order valence-corrected chi connectivity index (χ1v) is 7.34. The minimum absolute atomic E-state index is 0.000845. The number of carbonyl (C=O) groups is 1. The van der Waals surface area contributed by atoms with Crippen LogP contribution in [0.2, 0.25) is 0 Å². The molecule has 0 aliphatic heterocycles. The fraction of sp³-hybridized carbons (Fsp3) is 0.176. The van der Waals surface area contributed by atoms with Crippen molar-refractivity contribution in [2.75, 3.05) is 18.5 Å². The second-order valence-electron chi connectivity index (χ2n) is 5.03. The first-order chi connectivity index (χ1) is 12.0. The Kier molecular flexibility index (Phi) is 6.03. The van der Waals surface area contributed by atoms with Gasteiger partial charge in [-0.1, -0.05) is 12.1 Å². The van der Waals surface area contributed by atoms with Gasteiger partial charge in [-0.05, 0) is 23.8 Å². The molecular formula is C17H15N3O5. The van der Waals surface area contributed by atoms with E-state index in [2.05, 4.69) is 5.32 Å². The molecule has 0 bridgehead atoms. The number of nitriles is 1. The maximum Gasteiger partial charge on any atom is 0.340 e. The summed E-state index contributed by atoms with van der Waals surface area (Å²) in [5, 5.41) is 31.5. The topological polar surface area (TPSA) is 125 Å². The minimum Gasteiger partial charge on any atom is -0.457 e. The number of ether oxygens (including phenoxy) is 1. The van der Waals surface area contributed by atoms with Crippen LogP contribution in [-0.2, 0) is 11.3 Å². The summed E-state index contributed by atoms with van der Waals surface area (Å²) in [6, 6.07) is 12.3. The lowest BCUT2D eigenvalue weighted by molar-refractivity contribution is -0.384. The van der Waals surface area contributed by atoms with Crippen LogP contribution in [0.25, 0.3) is 0 Å². The Balaban J connectivity index is 2.19. The van der Waals surface area contributed by atoms with Crippen LogP contribution in [0.5, 0.6) is 0 Å². The Morgan fingerprint density at radius 3 is 2.80 bits per heavy atom. The smallest absolute Gasteiger partial charge is 0.340 e. The van der Waals surface area contributed by atoms with E-state index in [0.717, 1.165) is 6.07 Å². The Morgan fingerprint density at radius 1 is 1.32 bits per heavy atom. The van der Waals surface area contributed by atoms with Crippen LogP contribution in [0, 0.1) is 21.4 Å². The number of hydrogen-bond donors (Lipinski definition) is 2. The Labute approximate surface area is 143 Å². The molecule has 25 heavy (non-hydrogen) atoms. The van der Waals surface area contributed by atoms with Crippen LogP contribution in [-0.4, -0.2) is 29.2 Å². The summed E-state index contributed by atoms with van der Waals surface area (Å²) in [6.45, 7) is -0.0504. The lowest BCUT2D eigenvalue weighted by atomic mass is 10.1. The normalized spacial score (nSPS) is 9.92. The van der Waals surface area contributed by atoms with Crippen molar-refractivity contribution in [2.24, 2.45) is 0 Å². The monoisotopic (exact) mass is 341 g/mol. The van der Waals surface area contributed by atoms with Crippen LogP contribution < -0.4 is 5.32 Å². The first-order valence-electron chi connectivity index (χ1n) is 7.34. The number of nitro benzene ring substituents is 1. The van der Waals surface area contributed by atoms with Gasteiger partial charge in [0, 0.05) is 24.4 Å². The lowest BCUT2D eigenvalue weighted by Gasteiger charge is -2.11. The molecule has 0 heterocycles. The number of nitrogens with zero attached hydrogens (tertiary/aromatic N) is 2. The van der Waals surface area contributed by atoms with Gasteiger partial charge in [-0.25, -0.2) is 4.79 Å². The molecule has 0 spiro atoms. The predicted octanol–water partition coefficient (Wildman–Crippen LogP) is 2.23. The van der Waals surface area contributed by atoms with Crippen LogP contribution in [0.3, 0.4) is 0 Å². The molecule has 0 atom stereocenters. The van der Waals surface area contributed by atoms with Crippen molar-refractivity contribution in [3.8, 4) is 6.07 Å². The third kappa shape index (κ3) is 4.76. The van der Waals surface area contributed by atoms with Crippen molar-refractivity contribution in [1.82, 2.24) is 0 Å². The van der Waals surface area contributed by atoms with E-state index in [0.29, 0.717) is 16.8 Å². The zero-order chi connectivity index (χ0) is 18.2. The van der Waals surface area contributed by atoms with Gasteiger partial charge in [0.2, 0.25) is 0 Å². The van der Waals surface area contributed by atoms with Gasteiger partial charge in [0.1, 0.15) is 6.61 Å². The highest BCUT2D eigenvalue weighted by Gasteiger charge is 2.18. The number of hydrogen-bond acceptors (Lipinski definition) is 7. The summed E-state index contributed by atoms with van der Waals surface area (Å²) in [5.74, 6) is -0.744. The molecule has 2 aromatic rings. The first kappa shape index (κ1) is 17.9. The van der Waals surface area contributed by atoms with E-state index in [1.54, 1.807) is 24.3 Å². The summed E-state index contributed by atoms with van der Waals surface area (Å²) in [5.41, 5.74) is 1.15. The van der Waals surface area contributed by atoms with Crippen LogP contribution in [0.15, 0.2) is 42.5 Å². The highest BCUT2D eigenvalue weighted by atomic mass is 16.6. The molecule has 0 fully saturated rings. The minimum atomic E-state index is -0.744.